The highest BCUT2D eigenvalue weighted by Gasteiger charge is 2.42. The number of ether oxygens (including phenoxy) is 1. The Labute approximate surface area is 168 Å². The molecule has 29 heavy (non-hydrogen) atoms. The van der Waals surface area contributed by atoms with Crippen molar-refractivity contribution in [1.29, 1.82) is 0 Å². The topological polar surface area (TPSA) is 21.3 Å². The molecule has 0 spiro atoms. The number of alkyl halides is 6. The van der Waals surface area contributed by atoms with E-state index in [9.17, 15) is 26.3 Å². The Morgan fingerprint density at radius 2 is 1.48 bits per heavy atom. The third-order valence-electron chi connectivity index (χ3n) is 4.24. The van der Waals surface area contributed by atoms with Crippen LogP contribution in [0.25, 0.3) is 0 Å². The Morgan fingerprint density at radius 3 is 1.79 bits per heavy atom. The minimum absolute atomic E-state index is 0.00175. The Kier molecular flexibility index (Phi) is 7.77. The van der Waals surface area contributed by atoms with Crippen molar-refractivity contribution >= 4 is 13.8 Å². The van der Waals surface area contributed by atoms with Crippen LogP contribution in [-0.4, -0.2) is 30.4 Å². The molecule has 0 amide bonds. The average Bonchev–Trinajstić information content (AvgIpc) is 2.55. The average molecular weight is 442 g/mol. The largest absolute Gasteiger partial charge is 0.416 e. The molecule has 3 atom stereocenters. The van der Waals surface area contributed by atoms with Crippen LogP contribution in [0.1, 0.15) is 50.5 Å². The van der Waals surface area contributed by atoms with Crippen LogP contribution in [0, 0.1) is 0 Å². The van der Waals surface area contributed by atoms with Crippen molar-refractivity contribution in [1.82, 2.24) is 5.32 Å². The van der Waals surface area contributed by atoms with Gasteiger partial charge in [-0.15, -0.1) is 0 Å². The van der Waals surface area contributed by atoms with Crippen LogP contribution in [0.4, 0.5) is 26.3 Å². The maximum Gasteiger partial charge on any atom is 0.416 e. The molecular weight excluding hydrogens is 415 g/mol. The summed E-state index contributed by atoms with van der Waals surface area (Å²) >= 11 is 0. The smallest absolute Gasteiger partial charge is 0.367 e. The van der Waals surface area contributed by atoms with Gasteiger partial charge in [-0.2, -0.15) is 26.3 Å². The molecule has 0 radical (unpaired) electrons. The normalized spacial score (nSPS) is 16.9. The molecule has 1 rings (SSSR count). The third kappa shape index (κ3) is 7.12. The molecule has 0 aliphatic heterocycles. The van der Waals surface area contributed by atoms with Gasteiger partial charge >= 0.3 is 12.4 Å². The van der Waals surface area contributed by atoms with Crippen molar-refractivity contribution in [3.05, 3.63) is 47.5 Å². The Morgan fingerprint density at radius 1 is 1.03 bits per heavy atom. The van der Waals surface area contributed by atoms with Crippen molar-refractivity contribution in [2.24, 2.45) is 0 Å². The number of halogens is 6. The first-order valence-corrected chi connectivity index (χ1v) is 10.8. The van der Waals surface area contributed by atoms with E-state index in [1.54, 1.807) is 6.08 Å². The summed E-state index contributed by atoms with van der Waals surface area (Å²) in [5.41, 5.74) is -3.27. The van der Waals surface area contributed by atoms with Gasteiger partial charge in [0, 0.05) is 5.54 Å². The summed E-state index contributed by atoms with van der Waals surface area (Å²) in [5, 5.41) is 2.61. The summed E-state index contributed by atoms with van der Waals surface area (Å²) in [4.78, 5) is 0. The third-order valence-corrected chi connectivity index (χ3v) is 6.03. The zero-order chi connectivity index (χ0) is 22.8. The number of hydrogen-bond donors (Lipinski definition) is 1. The summed E-state index contributed by atoms with van der Waals surface area (Å²) in [6.45, 7) is 12.9. The lowest BCUT2D eigenvalue weighted by atomic mass is 10.0. The fourth-order valence-corrected chi connectivity index (χ4v) is 3.85. The minimum atomic E-state index is -4.90. The van der Waals surface area contributed by atoms with Crippen molar-refractivity contribution in [2.45, 2.75) is 57.0 Å². The molecular formula is C20H27F6NOP+. The maximum atomic E-state index is 13.1. The van der Waals surface area contributed by atoms with Gasteiger partial charge in [-0.3, -0.25) is 5.32 Å². The van der Waals surface area contributed by atoms with Crippen LogP contribution in [-0.2, 0) is 17.1 Å². The van der Waals surface area contributed by atoms with Crippen molar-refractivity contribution < 1.29 is 31.1 Å². The minimum Gasteiger partial charge on any atom is -0.367 e. The molecule has 0 fully saturated rings. The van der Waals surface area contributed by atoms with Gasteiger partial charge in [-0.05, 0) is 57.5 Å². The van der Waals surface area contributed by atoms with E-state index >= 15 is 0 Å². The molecule has 1 aromatic rings. The van der Waals surface area contributed by atoms with Gasteiger partial charge in [0.2, 0.25) is 5.28 Å². The number of hydrogen-bond acceptors (Lipinski definition) is 2. The highest BCUT2D eigenvalue weighted by Crippen LogP contribution is 2.40. The zero-order valence-electron chi connectivity index (χ0n) is 17.1. The fraction of sp³-hybridized carbons (Fsp3) is 0.550. The summed E-state index contributed by atoms with van der Waals surface area (Å²) in [5.74, 6) is 0. The lowest BCUT2D eigenvalue weighted by Gasteiger charge is -2.33. The van der Waals surface area contributed by atoms with E-state index in [4.69, 9.17) is 4.74 Å². The van der Waals surface area contributed by atoms with E-state index in [-0.39, 0.29) is 23.8 Å². The molecule has 0 aliphatic carbocycles. The van der Waals surface area contributed by atoms with E-state index in [0.717, 1.165) is 0 Å². The van der Waals surface area contributed by atoms with Crippen LogP contribution in [0.5, 0.6) is 0 Å². The molecule has 9 heteroatoms. The molecule has 1 aromatic carbocycles. The molecule has 0 saturated heterocycles. The summed E-state index contributed by atoms with van der Waals surface area (Å²) in [6.07, 6.45) is -5.11. The standard InChI is InChI=1S/C20H27F6NOP/c1-8-18(29(6)7,27-17(3,4)5)12-28-13(2)14-9-15(19(21,22)23)11-16(10-14)20(24,25)26/h8-11,13,27H,1,6,12H2,2-5,7H3/q+1. The number of rotatable bonds is 7. The summed E-state index contributed by atoms with van der Waals surface area (Å²) < 4.78 is 84.2. The molecule has 0 aromatic heterocycles. The van der Waals surface area contributed by atoms with Crippen molar-refractivity contribution in [3.8, 4) is 0 Å². The van der Waals surface area contributed by atoms with Crippen LogP contribution in [0.15, 0.2) is 30.9 Å². The highest BCUT2D eigenvalue weighted by atomic mass is 31.1. The van der Waals surface area contributed by atoms with Crippen LogP contribution in [0.3, 0.4) is 0 Å². The fourth-order valence-electron chi connectivity index (χ4n) is 2.72. The highest BCUT2D eigenvalue weighted by molar-refractivity contribution is 7.56. The van der Waals surface area contributed by atoms with E-state index < -0.39 is 42.4 Å². The molecule has 3 unspecified atom stereocenters. The van der Waals surface area contributed by atoms with Gasteiger partial charge < -0.3 is 4.74 Å². The van der Waals surface area contributed by atoms with Gasteiger partial charge in [0.1, 0.15) is 14.2 Å². The van der Waals surface area contributed by atoms with Crippen LogP contribution in [0.2, 0.25) is 0 Å². The van der Waals surface area contributed by atoms with E-state index in [1.165, 1.54) is 6.92 Å². The molecule has 0 aliphatic rings. The van der Waals surface area contributed by atoms with Gasteiger partial charge in [0.15, 0.2) is 0 Å². The van der Waals surface area contributed by atoms with Gasteiger partial charge in [-0.25, -0.2) is 0 Å². The first-order valence-electron chi connectivity index (χ1n) is 8.79. The second-order valence-electron chi connectivity index (χ2n) is 7.99. The lowest BCUT2D eigenvalue weighted by Crippen LogP contribution is -2.53. The second kappa shape index (κ2) is 8.78. The van der Waals surface area contributed by atoms with Crippen LogP contribution >= 0.6 is 7.55 Å². The molecule has 1 N–H and O–H groups in total. The predicted molar refractivity (Wildman–Crippen MR) is 107 cm³/mol. The Hall–Kier alpha value is -1.37. The van der Waals surface area contributed by atoms with E-state index in [1.807, 2.05) is 27.4 Å². The quantitative estimate of drug-likeness (QED) is 0.291. The molecule has 0 heterocycles. The lowest BCUT2D eigenvalue weighted by molar-refractivity contribution is -0.143. The Balaban J connectivity index is 3.25. The van der Waals surface area contributed by atoms with Crippen molar-refractivity contribution in [2.75, 3.05) is 13.3 Å². The van der Waals surface area contributed by atoms with E-state index in [0.29, 0.717) is 12.1 Å². The monoisotopic (exact) mass is 442 g/mol. The van der Waals surface area contributed by atoms with Gasteiger partial charge in [0.25, 0.3) is 0 Å². The zero-order valence-corrected chi connectivity index (χ0v) is 18.0. The summed E-state index contributed by atoms with van der Waals surface area (Å²) in [6, 6.07) is 1.48. The second-order valence-corrected chi connectivity index (χ2v) is 10.2. The predicted octanol–water partition coefficient (Wildman–Crippen LogP) is 6.62. The number of nitrogens with one attached hydrogen (secondary N) is 1. The first-order chi connectivity index (χ1) is 12.9. The number of benzene rings is 1. The van der Waals surface area contributed by atoms with Gasteiger partial charge in [0.05, 0.1) is 30.2 Å². The Bertz CT molecular complexity index is 719. The van der Waals surface area contributed by atoms with E-state index in [2.05, 4.69) is 18.2 Å². The molecule has 2 nitrogen and oxygen atoms in total. The maximum absolute atomic E-state index is 13.1. The van der Waals surface area contributed by atoms with Gasteiger partial charge in [-0.1, -0.05) is 6.58 Å². The SMILES string of the molecule is C=CC(COC(C)c1cc(C(F)(F)F)cc(C(F)(F)F)c1)(NC(C)(C)C)[P+](=C)C. The van der Waals surface area contributed by atoms with Crippen molar-refractivity contribution in [3.63, 3.8) is 0 Å². The van der Waals surface area contributed by atoms with Crippen LogP contribution < -0.4 is 5.32 Å². The summed E-state index contributed by atoms with van der Waals surface area (Å²) in [7, 11) is -0.926. The molecule has 0 saturated carbocycles. The molecule has 164 valence electrons. The molecule has 0 bridgehead atoms. The first kappa shape index (κ1) is 25.7.